The van der Waals surface area contributed by atoms with Gasteiger partial charge in [-0.3, -0.25) is 0 Å². The van der Waals surface area contributed by atoms with Gasteiger partial charge in [0.25, 0.3) is 0 Å². The highest BCUT2D eigenvalue weighted by Crippen LogP contribution is 2.29. The van der Waals surface area contributed by atoms with E-state index in [1.807, 2.05) is 36.4 Å². The normalized spacial score (nSPS) is 18.0. The molecule has 186 valence electrons. The Bertz CT molecular complexity index is 1040. The maximum Gasteiger partial charge on any atom is 0.234 e. The molecule has 2 aromatic carbocycles. The number of aryl methyl sites for hydroxylation is 1. The van der Waals surface area contributed by atoms with Crippen LogP contribution < -0.4 is 9.47 Å². The standard InChI is InChI=1S/C29H37N3O3/c1-4-5-11-28-27(23-12-14-26(15-13-23)34-19-22-9-7-6-8-10-22)16-29(31-30-28)35-21-25-18-32(2)17-24(25)20-33-3/h6-10,12-16,24-25H,4-5,11,17-21H2,1-3H3/t24-,25+/m1/s1. The van der Waals surface area contributed by atoms with Gasteiger partial charge in [-0.15, -0.1) is 5.10 Å². The third-order valence-corrected chi connectivity index (χ3v) is 6.61. The van der Waals surface area contributed by atoms with Crippen molar-refractivity contribution in [3.05, 3.63) is 71.9 Å². The van der Waals surface area contributed by atoms with Gasteiger partial charge in [0.1, 0.15) is 12.4 Å². The Morgan fingerprint density at radius 3 is 2.37 bits per heavy atom. The highest BCUT2D eigenvalue weighted by atomic mass is 16.5. The van der Waals surface area contributed by atoms with Gasteiger partial charge in [0.05, 0.1) is 18.9 Å². The van der Waals surface area contributed by atoms with Crippen molar-refractivity contribution in [2.24, 2.45) is 11.8 Å². The number of unbranched alkanes of at least 4 members (excludes halogenated alkanes) is 1. The molecule has 0 bridgehead atoms. The highest BCUT2D eigenvalue weighted by Gasteiger charge is 2.31. The van der Waals surface area contributed by atoms with Gasteiger partial charge in [0, 0.05) is 43.7 Å². The highest BCUT2D eigenvalue weighted by molar-refractivity contribution is 5.67. The van der Waals surface area contributed by atoms with Crippen LogP contribution in [0.3, 0.4) is 0 Å². The van der Waals surface area contributed by atoms with E-state index in [1.165, 1.54) is 0 Å². The van der Waals surface area contributed by atoms with Gasteiger partial charge in [-0.25, -0.2) is 0 Å². The lowest BCUT2D eigenvalue weighted by Gasteiger charge is -2.18. The molecule has 0 spiro atoms. The van der Waals surface area contributed by atoms with Gasteiger partial charge in [-0.2, -0.15) is 5.10 Å². The van der Waals surface area contributed by atoms with Crippen molar-refractivity contribution in [3.63, 3.8) is 0 Å². The molecular formula is C29H37N3O3. The summed E-state index contributed by atoms with van der Waals surface area (Å²) in [7, 11) is 3.91. The third kappa shape index (κ3) is 7.03. The Hall–Kier alpha value is -2.96. The van der Waals surface area contributed by atoms with Crippen molar-refractivity contribution in [2.45, 2.75) is 32.8 Å². The maximum absolute atomic E-state index is 6.17. The van der Waals surface area contributed by atoms with E-state index in [2.05, 4.69) is 53.3 Å². The summed E-state index contributed by atoms with van der Waals surface area (Å²) < 4.78 is 17.6. The first kappa shape index (κ1) is 25.1. The van der Waals surface area contributed by atoms with Crippen LogP contribution in [-0.4, -0.2) is 55.6 Å². The van der Waals surface area contributed by atoms with Gasteiger partial charge in [0.2, 0.25) is 5.88 Å². The molecular weight excluding hydrogens is 438 g/mol. The van der Waals surface area contributed by atoms with Crippen LogP contribution in [0, 0.1) is 11.8 Å². The summed E-state index contributed by atoms with van der Waals surface area (Å²) in [4.78, 5) is 2.34. The lowest BCUT2D eigenvalue weighted by atomic mass is 9.98. The lowest BCUT2D eigenvalue weighted by molar-refractivity contribution is 0.118. The van der Waals surface area contributed by atoms with Gasteiger partial charge in [-0.05, 0) is 43.1 Å². The van der Waals surface area contributed by atoms with Crippen LogP contribution in [0.1, 0.15) is 31.0 Å². The fourth-order valence-corrected chi connectivity index (χ4v) is 4.68. The summed E-state index contributed by atoms with van der Waals surface area (Å²) >= 11 is 0. The van der Waals surface area contributed by atoms with Crippen molar-refractivity contribution in [3.8, 4) is 22.8 Å². The second-order valence-corrected chi connectivity index (χ2v) is 9.45. The molecule has 6 heteroatoms. The predicted octanol–water partition coefficient (Wildman–Crippen LogP) is 5.27. The number of nitrogens with zero attached hydrogens (tertiary/aromatic N) is 3. The van der Waals surface area contributed by atoms with Crippen LogP contribution >= 0.6 is 0 Å². The Labute approximate surface area is 209 Å². The first-order valence-electron chi connectivity index (χ1n) is 12.6. The second kappa shape index (κ2) is 12.7. The number of ether oxygens (including phenoxy) is 3. The van der Waals surface area contributed by atoms with E-state index in [9.17, 15) is 0 Å². The van der Waals surface area contributed by atoms with Crippen molar-refractivity contribution in [1.29, 1.82) is 0 Å². The van der Waals surface area contributed by atoms with Gasteiger partial charge >= 0.3 is 0 Å². The summed E-state index contributed by atoms with van der Waals surface area (Å²) in [5.41, 5.74) is 4.34. The molecule has 2 atom stereocenters. The molecule has 2 heterocycles. The van der Waals surface area contributed by atoms with E-state index in [4.69, 9.17) is 14.2 Å². The molecule has 6 nitrogen and oxygen atoms in total. The van der Waals surface area contributed by atoms with Crippen molar-refractivity contribution >= 4 is 0 Å². The van der Waals surface area contributed by atoms with E-state index >= 15 is 0 Å². The van der Waals surface area contributed by atoms with Crippen LogP contribution in [0.15, 0.2) is 60.7 Å². The molecule has 0 radical (unpaired) electrons. The minimum absolute atomic E-state index is 0.422. The summed E-state index contributed by atoms with van der Waals surface area (Å²) in [6.45, 7) is 6.16. The van der Waals surface area contributed by atoms with Crippen LogP contribution in [0.5, 0.6) is 11.6 Å². The zero-order valence-corrected chi connectivity index (χ0v) is 21.2. The SMILES string of the molecule is CCCCc1nnc(OC[C@@H]2CN(C)C[C@@H]2COC)cc1-c1ccc(OCc2ccccc2)cc1. The zero-order valence-electron chi connectivity index (χ0n) is 21.2. The van der Waals surface area contributed by atoms with Crippen LogP contribution in [0.4, 0.5) is 0 Å². The first-order valence-corrected chi connectivity index (χ1v) is 12.6. The molecule has 1 aliphatic heterocycles. The summed E-state index contributed by atoms with van der Waals surface area (Å²) in [5.74, 6) is 2.33. The third-order valence-electron chi connectivity index (χ3n) is 6.61. The molecule has 4 rings (SSSR count). The lowest BCUT2D eigenvalue weighted by Crippen LogP contribution is -2.24. The summed E-state index contributed by atoms with van der Waals surface area (Å²) in [5, 5.41) is 8.97. The first-order chi connectivity index (χ1) is 17.2. The Morgan fingerprint density at radius 1 is 0.914 bits per heavy atom. The second-order valence-electron chi connectivity index (χ2n) is 9.45. The van der Waals surface area contributed by atoms with Crippen LogP contribution in [-0.2, 0) is 17.8 Å². The van der Waals surface area contributed by atoms with E-state index < -0.39 is 0 Å². The minimum atomic E-state index is 0.422. The molecule has 1 aliphatic rings. The van der Waals surface area contributed by atoms with E-state index in [-0.39, 0.29) is 0 Å². The molecule has 1 saturated heterocycles. The topological polar surface area (TPSA) is 56.7 Å². The van der Waals surface area contributed by atoms with Crippen molar-refractivity contribution in [2.75, 3.05) is 40.5 Å². The summed E-state index contributed by atoms with van der Waals surface area (Å²) in [6, 6.07) is 20.5. The number of benzene rings is 2. The number of methoxy groups -OCH3 is 1. The molecule has 3 aromatic rings. The zero-order chi connectivity index (χ0) is 24.5. The smallest absolute Gasteiger partial charge is 0.234 e. The number of aromatic nitrogens is 2. The van der Waals surface area contributed by atoms with Crippen LogP contribution in [0.2, 0.25) is 0 Å². The van der Waals surface area contributed by atoms with Gasteiger partial charge in [-0.1, -0.05) is 55.8 Å². The number of likely N-dealkylation sites (tertiary alicyclic amines) is 1. The molecule has 0 N–H and O–H groups in total. The minimum Gasteiger partial charge on any atom is -0.489 e. The Morgan fingerprint density at radius 2 is 1.66 bits per heavy atom. The number of hydrogen-bond donors (Lipinski definition) is 0. The molecule has 0 amide bonds. The predicted molar refractivity (Wildman–Crippen MR) is 139 cm³/mol. The van der Waals surface area contributed by atoms with Crippen LogP contribution in [0.25, 0.3) is 11.1 Å². The molecule has 0 unspecified atom stereocenters. The Kier molecular flexibility index (Phi) is 9.09. The number of rotatable bonds is 12. The quantitative estimate of drug-likeness (QED) is 0.356. The summed E-state index contributed by atoms with van der Waals surface area (Å²) in [6.07, 6.45) is 3.09. The average molecular weight is 476 g/mol. The Balaban J connectivity index is 1.46. The van der Waals surface area contributed by atoms with Gasteiger partial charge < -0.3 is 19.1 Å². The fraction of sp³-hybridized carbons (Fsp3) is 0.448. The fourth-order valence-electron chi connectivity index (χ4n) is 4.68. The molecule has 35 heavy (non-hydrogen) atoms. The van der Waals surface area contributed by atoms with Crippen molar-refractivity contribution < 1.29 is 14.2 Å². The van der Waals surface area contributed by atoms with E-state index in [0.29, 0.717) is 30.9 Å². The van der Waals surface area contributed by atoms with Gasteiger partial charge in [0.15, 0.2) is 0 Å². The molecule has 0 aliphatic carbocycles. The monoisotopic (exact) mass is 475 g/mol. The van der Waals surface area contributed by atoms with E-state index in [0.717, 1.165) is 67.1 Å². The molecule has 0 saturated carbocycles. The molecule has 1 aromatic heterocycles. The van der Waals surface area contributed by atoms with Crippen molar-refractivity contribution in [1.82, 2.24) is 15.1 Å². The maximum atomic E-state index is 6.17. The van der Waals surface area contributed by atoms with E-state index in [1.54, 1.807) is 7.11 Å². The average Bonchev–Trinajstić information content (AvgIpc) is 3.25. The molecule has 1 fully saturated rings. The largest absolute Gasteiger partial charge is 0.489 e. The number of hydrogen-bond acceptors (Lipinski definition) is 6.